The second-order valence-corrected chi connectivity index (χ2v) is 3.90. The second kappa shape index (κ2) is 2.65. The van der Waals surface area contributed by atoms with Gasteiger partial charge in [0.2, 0.25) is 0 Å². The number of carboxylic acids is 1. The van der Waals surface area contributed by atoms with E-state index in [9.17, 15) is 14.3 Å². The maximum absolute atomic E-state index is 13.0. The highest BCUT2D eigenvalue weighted by atomic mass is 19.1. The normalized spacial score (nSPS) is 45.1. The summed E-state index contributed by atoms with van der Waals surface area (Å²) in [7, 11) is 0. The number of hydrogen-bond donors (Lipinski definition) is 2. The van der Waals surface area contributed by atoms with Crippen LogP contribution in [0.15, 0.2) is 0 Å². The van der Waals surface area contributed by atoms with Crippen molar-refractivity contribution in [2.45, 2.75) is 30.7 Å². The van der Waals surface area contributed by atoms with Gasteiger partial charge in [0.1, 0.15) is 11.7 Å². The Bertz CT molecular complexity index is 232. The van der Waals surface area contributed by atoms with Crippen molar-refractivity contribution in [3.63, 3.8) is 0 Å². The first kappa shape index (κ1) is 8.90. The number of β-amino-alcohol motifs (C(OH)–C–C–N with tert-alkyl or cyclic N) is 1. The van der Waals surface area contributed by atoms with E-state index < -0.39 is 23.8 Å². The number of aliphatic hydroxyl groups excluding tert-OH is 1. The van der Waals surface area contributed by atoms with Crippen LogP contribution >= 0.6 is 0 Å². The number of halogens is 1. The van der Waals surface area contributed by atoms with E-state index in [1.807, 2.05) is 0 Å². The minimum absolute atomic E-state index is 0.0133. The topological polar surface area (TPSA) is 60.8 Å². The Kier molecular flexibility index (Phi) is 1.82. The molecule has 0 aliphatic carbocycles. The van der Waals surface area contributed by atoms with Gasteiger partial charge in [-0.1, -0.05) is 0 Å². The summed E-state index contributed by atoms with van der Waals surface area (Å²) in [5.74, 6) is -1.01. The molecule has 13 heavy (non-hydrogen) atoms. The number of nitrogens with zero attached hydrogens (tertiary/aromatic N) is 1. The standard InChI is InChI=1S/C8H12FNO3/c9-5-1-8(7(12)13)2-6(11)4-10(8)3-5/h5-6,11H,1-4H2,(H,12,13)/t5-,6-,8-/m1/s1. The van der Waals surface area contributed by atoms with Crippen LogP contribution in [0, 0.1) is 0 Å². The highest BCUT2D eigenvalue weighted by Gasteiger charge is 2.56. The monoisotopic (exact) mass is 189 g/mol. The molecule has 2 rings (SSSR count). The van der Waals surface area contributed by atoms with Gasteiger partial charge in [-0.15, -0.1) is 0 Å². The van der Waals surface area contributed by atoms with E-state index in [0.29, 0.717) is 0 Å². The summed E-state index contributed by atoms with van der Waals surface area (Å²) in [5, 5.41) is 18.3. The van der Waals surface area contributed by atoms with Gasteiger partial charge in [0.05, 0.1) is 6.10 Å². The summed E-state index contributed by atoms with van der Waals surface area (Å²) in [4.78, 5) is 12.5. The van der Waals surface area contributed by atoms with Gasteiger partial charge in [-0.25, -0.2) is 4.39 Å². The van der Waals surface area contributed by atoms with Crippen LogP contribution in [-0.4, -0.2) is 52.0 Å². The van der Waals surface area contributed by atoms with Crippen molar-refractivity contribution in [2.24, 2.45) is 0 Å². The Morgan fingerprint density at radius 2 is 2.15 bits per heavy atom. The minimum Gasteiger partial charge on any atom is -0.480 e. The fourth-order valence-electron chi connectivity index (χ4n) is 2.45. The average molecular weight is 189 g/mol. The molecular weight excluding hydrogens is 177 g/mol. The summed E-state index contributed by atoms with van der Waals surface area (Å²) in [6, 6.07) is 0. The number of carboxylic acid groups (broad SMARTS) is 1. The molecule has 3 atom stereocenters. The SMILES string of the molecule is O=C(O)[C@@]12C[C@@H](O)CN1C[C@H](F)C2. The summed E-state index contributed by atoms with van der Waals surface area (Å²) in [5.41, 5.74) is -1.13. The van der Waals surface area contributed by atoms with Crippen molar-refractivity contribution < 1.29 is 19.4 Å². The highest BCUT2D eigenvalue weighted by molar-refractivity contribution is 5.80. The molecule has 4 nitrogen and oxygen atoms in total. The van der Waals surface area contributed by atoms with Crippen LogP contribution in [0.25, 0.3) is 0 Å². The molecule has 0 bridgehead atoms. The lowest BCUT2D eigenvalue weighted by Crippen LogP contribution is -2.45. The van der Waals surface area contributed by atoms with Crippen LogP contribution < -0.4 is 0 Å². The maximum Gasteiger partial charge on any atom is 0.324 e. The van der Waals surface area contributed by atoms with Gasteiger partial charge in [0, 0.05) is 25.9 Å². The molecule has 0 radical (unpaired) electrons. The smallest absolute Gasteiger partial charge is 0.324 e. The third-order valence-electron chi connectivity index (χ3n) is 2.99. The lowest BCUT2D eigenvalue weighted by molar-refractivity contribution is -0.148. The first-order valence-corrected chi connectivity index (χ1v) is 4.35. The zero-order chi connectivity index (χ0) is 9.64. The predicted molar refractivity (Wildman–Crippen MR) is 42.1 cm³/mol. The van der Waals surface area contributed by atoms with Gasteiger partial charge in [-0.3, -0.25) is 9.69 Å². The predicted octanol–water partition coefficient (Wildman–Crippen LogP) is -0.382. The molecule has 0 unspecified atom stereocenters. The van der Waals surface area contributed by atoms with Crippen LogP contribution in [0.1, 0.15) is 12.8 Å². The molecule has 2 heterocycles. The number of carbonyl (C=O) groups is 1. The quantitative estimate of drug-likeness (QED) is 0.590. The molecule has 74 valence electrons. The summed E-state index contributed by atoms with van der Waals surface area (Å²) >= 11 is 0. The third-order valence-corrected chi connectivity index (χ3v) is 2.99. The van der Waals surface area contributed by atoms with Crippen molar-refractivity contribution >= 4 is 5.97 Å². The Morgan fingerprint density at radius 3 is 2.69 bits per heavy atom. The molecule has 0 amide bonds. The van der Waals surface area contributed by atoms with Gasteiger partial charge >= 0.3 is 5.97 Å². The minimum atomic E-state index is -1.13. The van der Waals surface area contributed by atoms with Crippen molar-refractivity contribution in [1.82, 2.24) is 4.90 Å². The number of alkyl halides is 1. The van der Waals surface area contributed by atoms with Gasteiger partial charge in [0.25, 0.3) is 0 Å². The molecule has 0 aromatic heterocycles. The van der Waals surface area contributed by atoms with E-state index in [4.69, 9.17) is 5.11 Å². The lowest BCUT2D eigenvalue weighted by Gasteiger charge is -2.25. The van der Waals surface area contributed by atoms with Crippen LogP contribution in [0.2, 0.25) is 0 Å². The molecule has 0 saturated carbocycles. The van der Waals surface area contributed by atoms with Crippen LogP contribution in [0.3, 0.4) is 0 Å². The second-order valence-electron chi connectivity index (χ2n) is 3.90. The molecule has 2 N–H and O–H groups in total. The molecule has 2 fully saturated rings. The molecular formula is C8H12FNO3. The Labute approximate surface area is 75.0 Å². The van der Waals surface area contributed by atoms with Crippen LogP contribution in [0.4, 0.5) is 4.39 Å². The Balaban J connectivity index is 2.26. The van der Waals surface area contributed by atoms with E-state index in [2.05, 4.69) is 0 Å². The molecule has 0 aromatic rings. The zero-order valence-electron chi connectivity index (χ0n) is 7.11. The van der Waals surface area contributed by atoms with Crippen LogP contribution in [0.5, 0.6) is 0 Å². The van der Waals surface area contributed by atoms with Gasteiger partial charge in [-0.05, 0) is 0 Å². The number of aliphatic hydroxyl groups is 1. The number of rotatable bonds is 1. The molecule has 2 aliphatic rings. The maximum atomic E-state index is 13.0. The number of aliphatic carboxylic acids is 1. The van der Waals surface area contributed by atoms with Gasteiger partial charge in [0.15, 0.2) is 0 Å². The Hall–Kier alpha value is -0.680. The summed E-state index contributed by atoms with van der Waals surface area (Å²) in [6.45, 7) is 0.427. The van der Waals surface area contributed by atoms with E-state index in [1.165, 1.54) is 0 Å². The largest absolute Gasteiger partial charge is 0.480 e. The van der Waals surface area contributed by atoms with Crippen molar-refractivity contribution in [2.75, 3.05) is 13.1 Å². The summed E-state index contributed by atoms with van der Waals surface area (Å²) < 4.78 is 13.0. The average Bonchev–Trinajstić information content (AvgIpc) is 2.40. The summed E-state index contributed by atoms with van der Waals surface area (Å²) in [6.07, 6.45) is -1.52. The third kappa shape index (κ3) is 1.14. The van der Waals surface area contributed by atoms with E-state index in [0.717, 1.165) is 0 Å². The molecule has 0 spiro atoms. The lowest BCUT2D eigenvalue weighted by atomic mass is 9.93. The molecule has 5 heteroatoms. The fraction of sp³-hybridized carbons (Fsp3) is 0.875. The molecule has 2 saturated heterocycles. The Morgan fingerprint density at radius 1 is 1.46 bits per heavy atom. The number of fused-ring (bicyclic) bond motifs is 1. The number of hydrogen-bond acceptors (Lipinski definition) is 3. The van der Waals surface area contributed by atoms with Gasteiger partial charge < -0.3 is 10.2 Å². The van der Waals surface area contributed by atoms with E-state index in [1.54, 1.807) is 4.90 Å². The molecule has 2 aliphatic heterocycles. The fourth-order valence-corrected chi connectivity index (χ4v) is 2.45. The van der Waals surface area contributed by atoms with Crippen molar-refractivity contribution in [3.8, 4) is 0 Å². The van der Waals surface area contributed by atoms with E-state index >= 15 is 0 Å². The first-order chi connectivity index (χ1) is 6.04. The zero-order valence-corrected chi connectivity index (χ0v) is 7.11. The van der Waals surface area contributed by atoms with Crippen molar-refractivity contribution in [1.29, 1.82) is 0 Å². The van der Waals surface area contributed by atoms with E-state index in [-0.39, 0.29) is 25.9 Å². The molecule has 0 aromatic carbocycles. The first-order valence-electron chi connectivity index (χ1n) is 4.35. The highest BCUT2D eigenvalue weighted by Crippen LogP contribution is 2.40. The van der Waals surface area contributed by atoms with Crippen LogP contribution in [-0.2, 0) is 4.79 Å². The van der Waals surface area contributed by atoms with Gasteiger partial charge in [-0.2, -0.15) is 0 Å². The van der Waals surface area contributed by atoms with Crippen molar-refractivity contribution in [3.05, 3.63) is 0 Å².